The van der Waals surface area contributed by atoms with Gasteiger partial charge in [0, 0.05) is 31.9 Å². The minimum atomic E-state index is -0.335. The summed E-state index contributed by atoms with van der Waals surface area (Å²) in [4.78, 5) is 25.1. The van der Waals surface area contributed by atoms with Crippen molar-refractivity contribution in [2.45, 2.75) is 26.3 Å². The van der Waals surface area contributed by atoms with Gasteiger partial charge in [-0.05, 0) is 19.1 Å². The van der Waals surface area contributed by atoms with Gasteiger partial charge in [-0.1, -0.05) is 6.08 Å². The van der Waals surface area contributed by atoms with Crippen molar-refractivity contribution in [2.75, 3.05) is 13.2 Å². The molecule has 1 heterocycles. The molecule has 0 bridgehead atoms. The van der Waals surface area contributed by atoms with Crippen molar-refractivity contribution in [3.63, 3.8) is 0 Å². The Kier molecular flexibility index (Phi) is 6.56. The van der Waals surface area contributed by atoms with Crippen LogP contribution in [-0.4, -0.2) is 34.5 Å². The Morgan fingerprint density at radius 1 is 1.45 bits per heavy atom. The van der Waals surface area contributed by atoms with Crippen LogP contribution in [0.15, 0.2) is 31.0 Å². The largest absolute Gasteiger partial charge is 0.466 e. The summed E-state index contributed by atoms with van der Waals surface area (Å²) < 4.78 is 6.79. The van der Waals surface area contributed by atoms with Gasteiger partial charge >= 0.3 is 5.97 Å². The monoisotopic (exact) mass is 278 g/mol. The van der Waals surface area contributed by atoms with E-state index in [1.165, 1.54) is 0 Å². The lowest BCUT2D eigenvalue weighted by atomic mass is 10.2. The number of hydrogen-bond donors (Lipinski definition) is 0. The Hall–Kier alpha value is -2.04. The molecule has 0 unspecified atom stereocenters. The molecule has 0 saturated carbocycles. The van der Waals surface area contributed by atoms with Crippen molar-refractivity contribution < 1.29 is 14.3 Å². The number of rotatable bonds is 8. The first kappa shape index (κ1) is 16.0. The second kappa shape index (κ2) is 8.19. The van der Waals surface area contributed by atoms with E-state index in [1.54, 1.807) is 17.9 Å². The van der Waals surface area contributed by atoms with Crippen LogP contribution in [0.1, 0.15) is 25.5 Å². The first-order valence-corrected chi connectivity index (χ1v) is 6.73. The van der Waals surface area contributed by atoms with Crippen LogP contribution in [0, 0.1) is 0 Å². The topological polar surface area (TPSA) is 51.5 Å². The Morgan fingerprint density at radius 2 is 2.20 bits per heavy atom. The maximum absolute atomic E-state index is 12.1. The Balaban J connectivity index is 2.56. The Morgan fingerprint density at radius 3 is 2.75 bits per heavy atom. The zero-order valence-electron chi connectivity index (χ0n) is 12.2. The fourth-order valence-corrected chi connectivity index (χ4v) is 1.87. The zero-order chi connectivity index (χ0) is 15.0. The number of ether oxygens (including phenoxy) is 1. The number of amides is 1. The number of aromatic nitrogens is 1. The molecule has 0 N–H and O–H groups in total. The molecule has 0 aliphatic heterocycles. The smallest absolute Gasteiger partial charge is 0.306 e. The van der Waals surface area contributed by atoms with Gasteiger partial charge in [0.2, 0.25) is 5.91 Å². The van der Waals surface area contributed by atoms with E-state index in [-0.39, 0.29) is 24.7 Å². The normalized spacial score (nSPS) is 10.1. The Bertz CT molecular complexity index is 465. The van der Waals surface area contributed by atoms with Crippen LogP contribution < -0.4 is 0 Å². The maximum Gasteiger partial charge on any atom is 0.306 e. The molecule has 20 heavy (non-hydrogen) atoms. The quantitative estimate of drug-likeness (QED) is 0.539. The lowest BCUT2D eigenvalue weighted by Gasteiger charge is -2.21. The highest BCUT2D eigenvalue weighted by atomic mass is 16.5. The van der Waals surface area contributed by atoms with Crippen LogP contribution in [0.4, 0.5) is 0 Å². The van der Waals surface area contributed by atoms with Crippen LogP contribution in [0.2, 0.25) is 0 Å². The molecule has 0 aromatic carbocycles. The summed E-state index contributed by atoms with van der Waals surface area (Å²) in [5.41, 5.74) is 1.04. The maximum atomic E-state index is 12.1. The van der Waals surface area contributed by atoms with Gasteiger partial charge in [-0.25, -0.2) is 0 Å². The number of aryl methyl sites for hydroxylation is 1. The Labute approximate surface area is 119 Å². The van der Waals surface area contributed by atoms with E-state index < -0.39 is 0 Å². The molecule has 1 aromatic rings. The summed E-state index contributed by atoms with van der Waals surface area (Å²) in [5.74, 6) is -0.405. The summed E-state index contributed by atoms with van der Waals surface area (Å²) >= 11 is 0. The highest BCUT2D eigenvalue weighted by Gasteiger charge is 2.15. The minimum absolute atomic E-state index is 0.0702. The van der Waals surface area contributed by atoms with E-state index in [0.29, 0.717) is 19.7 Å². The van der Waals surface area contributed by atoms with E-state index in [0.717, 1.165) is 5.69 Å². The summed E-state index contributed by atoms with van der Waals surface area (Å²) in [6.45, 7) is 6.73. The fourth-order valence-electron chi connectivity index (χ4n) is 1.87. The van der Waals surface area contributed by atoms with Crippen molar-refractivity contribution in [1.82, 2.24) is 9.47 Å². The van der Waals surface area contributed by atoms with E-state index in [9.17, 15) is 9.59 Å². The predicted octanol–water partition coefficient (Wildman–Crippen LogP) is 1.88. The van der Waals surface area contributed by atoms with Crippen molar-refractivity contribution >= 4 is 11.9 Å². The number of hydrogen-bond acceptors (Lipinski definition) is 3. The first-order valence-electron chi connectivity index (χ1n) is 6.73. The van der Waals surface area contributed by atoms with Crippen molar-refractivity contribution in [2.24, 2.45) is 7.05 Å². The molecule has 1 rings (SSSR count). The van der Waals surface area contributed by atoms with Gasteiger partial charge in [0.15, 0.2) is 0 Å². The van der Waals surface area contributed by atoms with Gasteiger partial charge in [-0.2, -0.15) is 0 Å². The number of nitrogens with zero attached hydrogens (tertiary/aromatic N) is 2. The second-order valence-electron chi connectivity index (χ2n) is 4.48. The molecule has 0 saturated heterocycles. The highest BCUT2D eigenvalue weighted by molar-refractivity contribution is 5.81. The van der Waals surface area contributed by atoms with Crippen LogP contribution in [0.5, 0.6) is 0 Å². The number of carbonyl (C=O) groups excluding carboxylic acids is 2. The molecule has 0 fully saturated rings. The van der Waals surface area contributed by atoms with Crippen molar-refractivity contribution in [1.29, 1.82) is 0 Å². The molecular formula is C15H22N2O3. The standard InChI is InChI=1S/C15H22N2O3/c1-4-10-17(12-13-7-6-11-16(13)3)14(18)8-9-15(19)20-5-2/h4,6-7,11H,1,5,8-10,12H2,2-3H3. The van der Waals surface area contributed by atoms with E-state index >= 15 is 0 Å². The minimum Gasteiger partial charge on any atom is -0.466 e. The SMILES string of the molecule is C=CCN(Cc1cccn1C)C(=O)CCC(=O)OCC. The fraction of sp³-hybridized carbons (Fsp3) is 0.467. The number of esters is 1. The van der Waals surface area contributed by atoms with Gasteiger partial charge in [0.05, 0.1) is 19.6 Å². The van der Waals surface area contributed by atoms with Crippen molar-refractivity contribution in [3.8, 4) is 0 Å². The third-order valence-corrected chi connectivity index (χ3v) is 2.95. The molecule has 0 atom stereocenters. The van der Waals surface area contributed by atoms with Crippen LogP contribution in [0.3, 0.4) is 0 Å². The lowest BCUT2D eigenvalue weighted by molar-refractivity contribution is -0.145. The highest BCUT2D eigenvalue weighted by Crippen LogP contribution is 2.08. The van der Waals surface area contributed by atoms with Gasteiger partial charge in [0.1, 0.15) is 0 Å². The summed E-state index contributed by atoms with van der Waals surface area (Å²) in [7, 11) is 1.94. The van der Waals surface area contributed by atoms with E-state index in [4.69, 9.17) is 4.74 Å². The molecule has 0 radical (unpaired) electrons. The molecule has 110 valence electrons. The van der Waals surface area contributed by atoms with Crippen LogP contribution in [-0.2, 0) is 27.9 Å². The summed E-state index contributed by atoms with van der Waals surface area (Å²) in [6.07, 6.45) is 3.90. The van der Waals surface area contributed by atoms with Crippen LogP contribution >= 0.6 is 0 Å². The first-order chi connectivity index (χ1) is 9.58. The van der Waals surface area contributed by atoms with Gasteiger partial charge in [-0.15, -0.1) is 6.58 Å². The van der Waals surface area contributed by atoms with Gasteiger partial charge in [0.25, 0.3) is 0 Å². The van der Waals surface area contributed by atoms with Crippen molar-refractivity contribution in [3.05, 3.63) is 36.7 Å². The third kappa shape index (κ3) is 4.91. The second-order valence-corrected chi connectivity index (χ2v) is 4.48. The lowest BCUT2D eigenvalue weighted by Crippen LogP contribution is -2.31. The molecule has 0 aliphatic rings. The molecule has 0 spiro atoms. The predicted molar refractivity (Wildman–Crippen MR) is 76.9 cm³/mol. The molecular weight excluding hydrogens is 256 g/mol. The molecule has 1 aromatic heterocycles. The average molecular weight is 278 g/mol. The molecule has 0 aliphatic carbocycles. The third-order valence-electron chi connectivity index (χ3n) is 2.95. The van der Waals surface area contributed by atoms with E-state index in [2.05, 4.69) is 6.58 Å². The number of carbonyl (C=O) groups is 2. The molecule has 5 heteroatoms. The zero-order valence-corrected chi connectivity index (χ0v) is 12.2. The summed E-state index contributed by atoms with van der Waals surface area (Å²) in [6, 6.07) is 3.90. The molecule has 1 amide bonds. The van der Waals surface area contributed by atoms with Gasteiger partial charge in [-0.3, -0.25) is 9.59 Å². The summed E-state index contributed by atoms with van der Waals surface area (Å²) in [5, 5.41) is 0. The molecule has 5 nitrogen and oxygen atoms in total. The average Bonchev–Trinajstić information content (AvgIpc) is 2.81. The van der Waals surface area contributed by atoms with Gasteiger partial charge < -0.3 is 14.2 Å². The van der Waals surface area contributed by atoms with Crippen LogP contribution in [0.25, 0.3) is 0 Å². The van der Waals surface area contributed by atoms with E-state index in [1.807, 2.05) is 29.9 Å².